The lowest BCUT2D eigenvalue weighted by Gasteiger charge is -2.11. The number of benzene rings is 1. The molecule has 20 heavy (non-hydrogen) atoms. The molecule has 2 rings (SSSR count). The number of pyridine rings is 1. The van der Waals surface area contributed by atoms with E-state index in [1.807, 2.05) is 31.2 Å². The fourth-order valence-corrected chi connectivity index (χ4v) is 2.13. The molecule has 0 bridgehead atoms. The minimum absolute atomic E-state index is 0.713. The lowest BCUT2D eigenvalue weighted by atomic mass is 10.1. The van der Waals surface area contributed by atoms with E-state index in [1.54, 1.807) is 0 Å². The number of nitrogens with two attached hydrogens (primary N) is 1. The number of nitrogens with one attached hydrogen (secondary N) is 1. The number of nitrogens with zero attached hydrogens (tertiary/aromatic N) is 1. The quantitative estimate of drug-likeness (QED) is 0.600. The van der Waals surface area contributed by atoms with Gasteiger partial charge in [0.1, 0.15) is 0 Å². The molecule has 0 spiro atoms. The second-order valence-corrected chi connectivity index (χ2v) is 4.98. The Hall–Kier alpha value is -1.81. The van der Waals surface area contributed by atoms with Crippen molar-refractivity contribution in [2.24, 2.45) is 0 Å². The SMILES string of the molecule is CCCCOCCNc1cc(C)nc2ccc(N)cc12. The van der Waals surface area contributed by atoms with Gasteiger partial charge in [-0.2, -0.15) is 0 Å². The maximum absolute atomic E-state index is 5.86. The highest BCUT2D eigenvalue weighted by molar-refractivity contribution is 5.93. The third-order valence-electron chi connectivity index (χ3n) is 3.16. The van der Waals surface area contributed by atoms with Gasteiger partial charge in [0, 0.05) is 35.6 Å². The van der Waals surface area contributed by atoms with Crippen LogP contribution in [0, 0.1) is 6.92 Å². The van der Waals surface area contributed by atoms with E-state index >= 15 is 0 Å². The smallest absolute Gasteiger partial charge is 0.0727 e. The molecule has 0 aliphatic carbocycles. The molecule has 3 N–H and O–H groups in total. The Morgan fingerprint density at radius 1 is 1.25 bits per heavy atom. The molecule has 0 aliphatic heterocycles. The van der Waals surface area contributed by atoms with Crippen molar-refractivity contribution in [3.05, 3.63) is 30.0 Å². The van der Waals surface area contributed by atoms with Crippen LogP contribution in [-0.4, -0.2) is 24.7 Å². The van der Waals surface area contributed by atoms with Gasteiger partial charge in [0.25, 0.3) is 0 Å². The predicted molar refractivity (Wildman–Crippen MR) is 85.1 cm³/mol. The van der Waals surface area contributed by atoms with Gasteiger partial charge < -0.3 is 15.8 Å². The van der Waals surface area contributed by atoms with Crippen LogP contribution in [0.2, 0.25) is 0 Å². The molecule has 108 valence electrons. The highest BCUT2D eigenvalue weighted by atomic mass is 16.5. The maximum Gasteiger partial charge on any atom is 0.0727 e. The number of hydrogen-bond acceptors (Lipinski definition) is 4. The Labute approximate surface area is 120 Å². The molecule has 1 heterocycles. The molecule has 2 aromatic rings. The van der Waals surface area contributed by atoms with Crippen LogP contribution in [0.4, 0.5) is 11.4 Å². The van der Waals surface area contributed by atoms with Crippen LogP contribution >= 0.6 is 0 Å². The van der Waals surface area contributed by atoms with Crippen LogP contribution in [0.5, 0.6) is 0 Å². The molecule has 0 saturated carbocycles. The molecule has 4 heteroatoms. The number of aryl methyl sites for hydroxylation is 1. The molecule has 0 unspecified atom stereocenters. The maximum atomic E-state index is 5.86. The van der Waals surface area contributed by atoms with Crippen LogP contribution in [0.15, 0.2) is 24.3 Å². The van der Waals surface area contributed by atoms with E-state index in [2.05, 4.69) is 17.2 Å². The molecule has 1 aromatic heterocycles. The summed E-state index contributed by atoms with van der Waals surface area (Å²) in [6.45, 7) is 6.50. The first-order valence-electron chi connectivity index (χ1n) is 7.19. The number of rotatable bonds is 7. The van der Waals surface area contributed by atoms with E-state index in [-0.39, 0.29) is 0 Å². The average Bonchev–Trinajstić information content (AvgIpc) is 2.43. The summed E-state index contributed by atoms with van der Waals surface area (Å²) in [6, 6.07) is 7.85. The fraction of sp³-hybridized carbons (Fsp3) is 0.438. The number of ether oxygens (including phenoxy) is 1. The van der Waals surface area contributed by atoms with Gasteiger partial charge in [-0.25, -0.2) is 0 Å². The second kappa shape index (κ2) is 7.10. The summed E-state index contributed by atoms with van der Waals surface area (Å²) >= 11 is 0. The predicted octanol–water partition coefficient (Wildman–Crippen LogP) is 3.35. The van der Waals surface area contributed by atoms with Gasteiger partial charge in [-0.15, -0.1) is 0 Å². The van der Waals surface area contributed by atoms with Gasteiger partial charge >= 0.3 is 0 Å². The van der Waals surface area contributed by atoms with Gasteiger partial charge in [0.15, 0.2) is 0 Å². The summed E-state index contributed by atoms with van der Waals surface area (Å²) < 4.78 is 5.56. The molecule has 0 aliphatic rings. The number of fused-ring (bicyclic) bond motifs is 1. The Kier molecular flexibility index (Phi) is 5.18. The van der Waals surface area contributed by atoms with E-state index in [4.69, 9.17) is 10.5 Å². The van der Waals surface area contributed by atoms with Crippen molar-refractivity contribution in [1.82, 2.24) is 4.98 Å². The summed E-state index contributed by atoms with van der Waals surface area (Å²) in [5.41, 5.74) is 9.65. The Morgan fingerprint density at radius 3 is 2.90 bits per heavy atom. The summed E-state index contributed by atoms with van der Waals surface area (Å²) in [6.07, 6.45) is 2.29. The zero-order valence-electron chi connectivity index (χ0n) is 12.3. The number of anilines is 2. The average molecular weight is 273 g/mol. The molecule has 0 atom stereocenters. The van der Waals surface area contributed by atoms with Gasteiger partial charge in [0.2, 0.25) is 0 Å². The number of hydrogen-bond donors (Lipinski definition) is 2. The van der Waals surface area contributed by atoms with Crippen LogP contribution in [0.1, 0.15) is 25.5 Å². The fourth-order valence-electron chi connectivity index (χ4n) is 2.13. The summed E-state index contributed by atoms with van der Waals surface area (Å²) in [7, 11) is 0. The lowest BCUT2D eigenvalue weighted by Crippen LogP contribution is -2.10. The van der Waals surface area contributed by atoms with Crippen molar-refractivity contribution in [2.75, 3.05) is 30.8 Å². The van der Waals surface area contributed by atoms with Crippen molar-refractivity contribution in [2.45, 2.75) is 26.7 Å². The Balaban J connectivity index is 2.03. The summed E-state index contributed by atoms with van der Waals surface area (Å²) in [5, 5.41) is 4.47. The highest BCUT2D eigenvalue weighted by Crippen LogP contribution is 2.25. The minimum Gasteiger partial charge on any atom is -0.399 e. The largest absolute Gasteiger partial charge is 0.399 e. The first-order chi connectivity index (χ1) is 9.70. The van der Waals surface area contributed by atoms with Crippen molar-refractivity contribution in [3.8, 4) is 0 Å². The van der Waals surface area contributed by atoms with Crippen LogP contribution in [0.3, 0.4) is 0 Å². The van der Waals surface area contributed by atoms with Gasteiger partial charge in [-0.05, 0) is 37.6 Å². The van der Waals surface area contributed by atoms with Crippen LogP contribution in [0.25, 0.3) is 10.9 Å². The Bertz CT molecular complexity index is 569. The van der Waals surface area contributed by atoms with E-state index in [9.17, 15) is 0 Å². The van der Waals surface area contributed by atoms with Crippen LogP contribution < -0.4 is 11.1 Å². The molecule has 0 amide bonds. The number of aromatic nitrogens is 1. The first kappa shape index (κ1) is 14.6. The molecule has 1 aromatic carbocycles. The topological polar surface area (TPSA) is 60.2 Å². The highest BCUT2D eigenvalue weighted by Gasteiger charge is 2.04. The number of unbranched alkanes of at least 4 members (excludes halogenated alkanes) is 1. The first-order valence-corrected chi connectivity index (χ1v) is 7.19. The zero-order valence-corrected chi connectivity index (χ0v) is 12.3. The van der Waals surface area contributed by atoms with Gasteiger partial charge in [-0.3, -0.25) is 4.98 Å². The zero-order chi connectivity index (χ0) is 14.4. The van der Waals surface area contributed by atoms with Crippen molar-refractivity contribution < 1.29 is 4.74 Å². The van der Waals surface area contributed by atoms with E-state index in [1.165, 1.54) is 6.42 Å². The Morgan fingerprint density at radius 2 is 2.10 bits per heavy atom. The van der Waals surface area contributed by atoms with Crippen LogP contribution in [-0.2, 0) is 4.74 Å². The molecule has 0 fully saturated rings. The van der Waals surface area contributed by atoms with Crippen molar-refractivity contribution in [3.63, 3.8) is 0 Å². The van der Waals surface area contributed by atoms with E-state index in [0.717, 1.165) is 47.5 Å². The van der Waals surface area contributed by atoms with Gasteiger partial charge in [0.05, 0.1) is 12.1 Å². The normalized spacial score (nSPS) is 10.9. The molecular weight excluding hydrogens is 250 g/mol. The van der Waals surface area contributed by atoms with E-state index < -0.39 is 0 Å². The van der Waals surface area contributed by atoms with Crippen molar-refractivity contribution in [1.29, 1.82) is 0 Å². The standard InChI is InChI=1S/C16H23N3O/c1-3-4-8-20-9-7-18-16-10-12(2)19-15-6-5-13(17)11-14(15)16/h5-6,10-11H,3-4,7-9,17H2,1-2H3,(H,18,19). The third-order valence-corrected chi connectivity index (χ3v) is 3.16. The van der Waals surface area contributed by atoms with Crippen molar-refractivity contribution >= 4 is 22.3 Å². The molecule has 0 radical (unpaired) electrons. The summed E-state index contributed by atoms with van der Waals surface area (Å²) in [5.74, 6) is 0. The van der Waals surface area contributed by atoms with E-state index in [0.29, 0.717) is 6.61 Å². The molecule has 4 nitrogen and oxygen atoms in total. The van der Waals surface area contributed by atoms with Gasteiger partial charge in [-0.1, -0.05) is 13.3 Å². The molecular formula is C16H23N3O. The lowest BCUT2D eigenvalue weighted by molar-refractivity contribution is 0.141. The molecule has 0 saturated heterocycles. The second-order valence-electron chi connectivity index (χ2n) is 4.98. The minimum atomic E-state index is 0.713. The monoisotopic (exact) mass is 273 g/mol. The third kappa shape index (κ3) is 3.84. The number of nitrogen functional groups attached to an aromatic ring is 1. The summed E-state index contributed by atoms with van der Waals surface area (Å²) in [4.78, 5) is 4.52.